The van der Waals surface area contributed by atoms with Gasteiger partial charge in [-0.15, -0.1) is 0 Å². The molecule has 3 heterocycles. The van der Waals surface area contributed by atoms with Gasteiger partial charge < -0.3 is 10.7 Å². The smallest absolute Gasteiger partial charge is 0.148 e. The van der Waals surface area contributed by atoms with E-state index in [4.69, 9.17) is 29.6 Å². The SMILES string of the molecule is CC(C1=NC(N)C(=S)C(Cl)=N1)c1cc2c(C3CC3)c[nH]c2cn1. The Morgan fingerprint density at radius 3 is 2.91 bits per heavy atom. The third-order valence-corrected chi connectivity index (χ3v) is 5.26. The molecule has 4 rings (SSSR count). The summed E-state index contributed by atoms with van der Waals surface area (Å²) >= 11 is 11.2. The summed E-state index contributed by atoms with van der Waals surface area (Å²) in [5, 5.41) is 1.49. The maximum Gasteiger partial charge on any atom is 0.148 e. The van der Waals surface area contributed by atoms with Crippen molar-refractivity contribution in [3.05, 3.63) is 29.7 Å². The fraction of sp³-hybridized carbons (Fsp3) is 0.375. The molecule has 0 aromatic carbocycles. The highest BCUT2D eigenvalue weighted by molar-refractivity contribution is 7.82. The van der Waals surface area contributed by atoms with E-state index in [-0.39, 0.29) is 11.1 Å². The monoisotopic (exact) mass is 345 g/mol. The van der Waals surface area contributed by atoms with Crippen LogP contribution in [-0.4, -0.2) is 32.0 Å². The molecule has 2 aliphatic rings. The Bertz CT molecular complexity index is 864. The zero-order valence-corrected chi connectivity index (χ0v) is 14.2. The van der Waals surface area contributed by atoms with Gasteiger partial charge in [0.25, 0.3) is 0 Å². The van der Waals surface area contributed by atoms with Crippen LogP contribution in [0.2, 0.25) is 0 Å². The average Bonchev–Trinajstić information content (AvgIpc) is 3.30. The highest BCUT2D eigenvalue weighted by Crippen LogP contribution is 2.43. The highest BCUT2D eigenvalue weighted by Gasteiger charge is 2.28. The Balaban J connectivity index is 1.72. The van der Waals surface area contributed by atoms with Gasteiger partial charge in [-0.05, 0) is 37.3 Å². The molecule has 5 nitrogen and oxygen atoms in total. The number of nitrogens with zero attached hydrogens (tertiary/aromatic N) is 3. The number of aliphatic imine (C=N–C) groups is 2. The number of aromatic nitrogens is 2. The molecule has 0 amide bonds. The summed E-state index contributed by atoms with van der Waals surface area (Å²) in [5.74, 6) is 1.16. The third kappa shape index (κ3) is 2.60. The number of nitrogens with two attached hydrogens (primary N) is 1. The van der Waals surface area contributed by atoms with E-state index in [0.29, 0.717) is 16.6 Å². The summed E-state index contributed by atoms with van der Waals surface area (Å²) in [7, 11) is 0. The van der Waals surface area contributed by atoms with Crippen LogP contribution in [0, 0.1) is 0 Å². The third-order valence-electron chi connectivity index (χ3n) is 4.42. The molecule has 1 saturated carbocycles. The van der Waals surface area contributed by atoms with Crippen LogP contribution in [0.4, 0.5) is 0 Å². The summed E-state index contributed by atoms with van der Waals surface area (Å²) in [6, 6.07) is 2.12. The molecule has 0 spiro atoms. The molecule has 118 valence electrons. The largest absolute Gasteiger partial charge is 0.360 e. The van der Waals surface area contributed by atoms with Crippen molar-refractivity contribution in [1.29, 1.82) is 0 Å². The predicted octanol–water partition coefficient (Wildman–Crippen LogP) is 3.25. The summed E-state index contributed by atoms with van der Waals surface area (Å²) in [6.45, 7) is 2.01. The van der Waals surface area contributed by atoms with Crippen molar-refractivity contribution in [2.75, 3.05) is 0 Å². The lowest BCUT2D eigenvalue weighted by Gasteiger charge is -2.18. The molecule has 3 N–H and O–H groups in total. The summed E-state index contributed by atoms with van der Waals surface area (Å²) in [5.41, 5.74) is 9.25. The van der Waals surface area contributed by atoms with Crippen molar-refractivity contribution in [1.82, 2.24) is 9.97 Å². The van der Waals surface area contributed by atoms with Crippen LogP contribution in [0.15, 0.2) is 28.4 Å². The maximum absolute atomic E-state index is 6.06. The lowest BCUT2D eigenvalue weighted by atomic mass is 10.0. The molecule has 23 heavy (non-hydrogen) atoms. The predicted molar refractivity (Wildman–Crippen MR) is 97.8 cm³/mol. The molecule has 7 heteroatoms. The number of H-pyrrole nitrogens is 1. The van der Waals surface area contributed by atoms with E-state index < -0.39 is 6.17 Å². The van der Waals surface area contributed by atoms with Gasteiger partial charge in [0, 0.05) is 11.6 Å². The van der Waals surface area contributed by atoms with Crippen molar-refractivity contribution < 1.29 is 0 Å². The van der Waals surface area contributed by atoms with E-state index in [1.165, 1.54) is 23.8 Å². The van der Waals surface area contributed by atoms with Gasteiger partial charge in [0.2, 0.25) is 0 Å². The average molecular weight is 346 g/mol. The summed E-state index contributed by atoms with van der Waals surface area (Å²) < 4.78 is 0. The van der Waals surface area contributed by atoms with Crippen LogP contribution in [0.3, 0.4) is 0 Å². The number of amidine groups is 1. The fourth-order valence-corrected chi connectivity index (χ4v) is 3.17. The molecule has 2 aromatic heterocycles. The lowest BCUT2D eigenvalue weighted by Crippen LogP contribution is -2.36. The Morgan fingerprint density at radius 1 is 1.43 bits per heavy atom. The van der Waals surface area contributed by atoms with Crippen molar-refractivity contribution >= 4 is 50.6 Å². The zero-order chi connectivity index (χ0) is 16.1. The van der Waals surface area contributed by atoms with Crippen LogP contribution >= 0.6 is 23.8 Å². The lowest BCUT2D eigenvalue weighted by molar-refractivity contribution is 0.878. The standard InChI is InChI=1S/C16H16ClN5S/c1-7(16-21-14(17)13(23)15(18)22-16)11-4-9-10(8-2-3-8)5-19-12(9)6-20-11/h4-8,15,19H,2-3,18H2,1H3. The first-order valence-corrected chi connectivity index (χ1v) is 8.42. The molecule has 0 bridgehead atoms. The molecular formula is C16H16ClN5S. The molecule has 0 saturated heterocycles. The number of aromatic amines is 1. The van der Waals surface area contributed by atoms with Crippen LogP contribution in [-0.2, 0) is 0 Å². The second-order valence-corrected chi connectivity index (χ2v) is 6.89. The molecule has 1 aliphatic carbocycles. The number of hydrogen-bond acceptors (Lipinski definition) is 5. The minimum Gasteiger partial charge on any atom is -0.360 e. The van der Waals surface area contributed by atoms with E-state index >= 15 is 0 Å². The minimum absolute atomic E-state index is 0.0933. The molecule has 0 radical (unpaired) electrons. The number of pyridine rings is 1. The molecule has 2 unspecified atom stereocenters. The first-order chi connectivity index (χ1) is 11.0. The minimum atomic E-state index is -0.606. The number of halogens is 1. The van der Waals surface area contributed by atoms with Gasteiger partial charge in [-0.1, -0.05) is 23.8 Å². The normalized spacial score (nSPS) is 22.9. The second kappa shape index (κ2) is 5.47. The van der Waals surface area contributed by atoms with Crippen molar-refractivity contribution in [3.63, 3.8) is 0 Å². The second-order valence-electron chi connectivity index (χ2n) is 6.09. The molecular weight excluding hydrogens is 330 g/mol. The van der Waals surface area contributed by atoms with Crippen LogP contribution in [0.25, 0.3) is 10.9 Å². The van der Waals surface area contributed by atoms with Crippen molar-refractivity contribution in [2.24, 2.45) is 15.7 Å². The Labute approximate surface area is 144 Å². The van der Waals surface area contributed by atoms with Crippen LogP contribution < -0.4 is 5.73 Å². The first-order valence-electron chi connectivity index (χ1n) is 7.63. The summed E-state index contributed by atoms with van der Waals surface area (Å²) in [4.78, 5) is 16.9. The molecule has 1 fully saturated rings. The van der Waals surface area contributed by atoms with E-state index in [0.717, 1.165) is 11.2 Å². The Kier molecular flexibility index (Phi) is 3.55. The van der Waals surface area contributed by atoms with E-state index in [1.807, 2.05) is 13.1 Å². The molecule has 2 aromatic rings. The summed E-state index contributed by atoms with van der Waals surface area (Å²) in [6.07, 6.45) is 5.88. The van der Waals surface area contributed by atoms with Gasteiger partial charge in [0.05, 0.1) is 28.2 Å². The number of thiocarbonyl (C=S) groups is 1. The Hall–Kier alpha value is -1.63. The van der Waals surface area contributed by atoms with Gasteiger partial charge in [0.15, 0.2) is 0 Å². The van der Waals surface area contributed by atoms with Crippen LogP contribution in [0.5, 0.6) is 0 Å². The van der Waals surface area contributed by atoms with Crippen LogP contribution in [0.1, 0.15) is 42.9 Å². The molecule has 2 atom stereocenters. The van der Waals surface area contributed by atoms with Gasteiger partial charge in [-0.2, -0.15) is 0 Å². The quantitative estimate of drug-likeness (QED) is 0.838. The molecule has 1 aliphatic heterocycles. The van der Waals surface area contributed by atoms with Crippen molar-refractivity contribution in [2.45, 2.75) is 37.8 Å². The van der Waals surface area contributed by atoms with Crippen molar-refractivity contribution in [3.8, 4) is 0 Å². The fourth-order valence-electron chi connectivity index (χ4n) is 2.88. The van der Waals surface area contributed by atoms with Gasteiger partial charge in [0.1, 0.15) is 17.2 Å². The van der Waals surface area contributed by atoms with Gasteiger partial charge >= 0.3 is 0 Å². The zero-order valence-electron chi connectivity index (χ0n) is 12.6. The number of nitrogens with one attached hydrogen (secondary N) is 1. The highest BCUT2D eigenvalue weighted by atomic mass is 35.5. The number of rotatable bonds is 3. The number of hydrogen-bond donors (Lipinski definition) is 2. The van der Waals surface area contributed by atoms with E-state index in [2.05, 4.69) is 32.2 Å². The van der Waals surface area contributed by atoms with Gasteiger partial charge in [-0.25, -0.2) is 9.98 Å². The van der Waals surface area contributed by atoms with Gasteiger partial charge in [-0.3, -0.25) is 4.98 Å². The topological polar surface area (TPSA) is 79.4 Å². The number of fused-ring (bicyclic) bond motifs is 1. The van der Waals surface area contributed by atoms with E-state index in [9.17, 15) is 0 Å². The van der Waals surface area contributed by atoms with E-state index in [1.54, 1.807) is 0 Å². The Morgan fingerprint density at radius 2 is 2.22 bits per heavy atom. The first kappa shape index (κ1) is 14.9. The maximum atomic E-state index is 6.06.